The summed E-state index contributed by atoms with van der Waals surface area (Å²) in [5.74, 6) is 1.52. The molecule has 0 bridgehead atoms. The molecule has 0 atom stereocenters. The maximum atomic E-state index is 13.6. The van der Waals surface area contributed by atoms with E-state index < -0.39 is 0 Å². The summed E-state index contributed by atoms with van der Waals surface area (Å²) in [6.45, 7) is 4.21. The maximum Gasteiger partial charge on any atom is 0.141 e. The van der Waals surface area contributed by atoms with Gasteiger partial charge in [0.15, 0.2) is 0 Å². The van der Waals surface area contributed by atoms with Crippen LogP contribution in [0.5, 0.6) is 0 Å². The first kappa shape index (κ1) is 28.3. The predicted octanol–water partition coefficient (Wildman–Crippen LogP) is 9.48. The Morgan fingerprint density at radius 1 is 0.730 bits per heavy atom. The lowest BCUT2D eigenvalue weighted by Crippen LogP contribution is -2.12. The Bertz CT molecular complexity index is 1150. The van der Waals surface area contributed by atoms with Gasteiger partial charge in [-0.1, -0.05) is 43.4 Å². The third kappa shape index (κ3) is 8.13. The van der Waals surface area contributed by atoms with Gasteiger partial charge in [0.05, 0.1) is 11.1 Å². The van der Waals surface area contributed by atoms with Crippen LogP contribution in [-0.4, -0.2) is 0 Å². The van der Waals surface area contributed by atoms with Crippen molar-refractivity contribution < 1.29 is 8.78 Å². The molecule has 194 valence electrons. The van der Waals surface area contributed by atoms with Crippen LogP contribution in [0.25, 0.3) is 0 Å². The highest BCUT2D eigenvalue weighted by Crippen LogP contribution is 2.37. The van der Waals surface area contributed by atoms with E-state index in [4.69, 9.17) is 10.5 Å². The van der Waals surface area contributed by atoms with Crippen molar-refractivity contribution in [1.29, 1.82) is 10.5 Å². The fourth-order valence-electron chi connectivity index (χ4n) is 5.64. The number of rotatable bonds is 5. The van der Waals surface area contributed by atoms with Gasteiger partial charge in [-0.15, -0.1) is 0 Å². The molecule has 2 aliphatic carbocycles. The van der Waals surface area contributed by atoms with Crippen LogP contribution in [0, 0.1) is 46.1 Å². The molecular weight excluding hydrogens is 462 g/mol. The highest BCUT2D eigenvalue weighted by atomic mass is 19.1. The van der Waals surface area contributed by atoms with E-state index in [1.165, 1.54) is 25.7 Å². The Morgan fingerprint density at radius 2 is 1.16 bits per heavy atom. The summed E-state index contributed by atoms with van der Waals surface area (Å²) in [6.07, 6.45) is 19.2. The summed E-state index contributed by atoms with van der Waals surface area (Å²) in [7, 11) is 0. The van der Waals surface area contributed by atoms with Gasteiger partial charge in [0.2, 0.25) is 0 Å². The van der Waals surface area contributed by atoms with Crippen LogP contribution in [0.15, 0.2) is 60.7 Å². The van der Waals surface area contributed by atoms with E-state index in [9.17, 15) is 8.78 Å². The topological polar surface area (TPSA) is 47.6 Å². The van der Waals surface area contributed by atoms with E-state index in [2.05, 4.69) is 38.2 Å². The molecule has 0 heterocycles. The molecule has 2 saturated carbocycles. The molecule has 0 N–H and O–H groups in total. The second-order valence-electron chi connectivity index (χ2n) is 10.3. The van der Waals surface area contributed by atoms with E-state index in [-0.39, 0.29) is 22.8 Å². The fraction of sp³-hybridized carbons (Fsp3) is 0.455. The minimum absolute atomic E-state index is 0.140. The van der Waals surface area contributed by atoms with Crippen molar-refractivity contribution in [2.75, 3.05) is 0 Å². The molecule has 4 heteroatoms. The highest BCUT2D eigenvalue weighted by Gasteiger charge is 2.22. The summed E-state index contributed by atoms with van der Waals surface area (Å²) in [5, 5.41) is 17.5. The first-order valence-corrected chi connectivity index (χ1v) is 13.7. The lowest BCUT2D eigenvalue weighted by atomic mass is 9.78. The van der Waals surface area contributed by atoms with Gasteiger partial charge in [-0.2, -0.15) is 10.5 Å². The highest BCUT2D eigenvalue weighted by molar-refractivity contribution is 5.36. The van der Waals surface area contributed by atoms with Gasteiger partial charge in [-0.3, -0.25) is 0 Å². The molecule has 2 fully saturated rings. The molecule has 4 rings (SSSR count). The van der Waals surface area contributed by atoms with Crippen LogP contribution < -0.4 is 0 Å². The summed E-state index contributed by atoms with van der Waals surface area (Å²) in [4.78, 5) is 0. The molecule has 0 spiro atoms. The lowest BCUT2D eigenvalue weighted by molar-refractivity contribution is 0.374. The molecule has 2 nitrogen and oxygen atoms in total. The van der Waals surface area contributed by atoms with E-state index >= 15 is 0 Å². The van der Waals surface area contributed by atoms with Crippen LogP contribution in [-0.2, 0) is 0 Å². The summed E-state index contributed by atoms with van der Waals surface area (Å²) >= 11 is 0. The summed E-state index contributed by atoms with van der Waals surface area (Å²) < 4.78 is 27.2. The normalized spacial score (nSPS) is 23.7. The van der Waals surface area contributed by atoms with E-state index in [0.717, 1.165) is 43.2 Å². The smallest absolute Gasteiger partial charge is 0.141 e. The van der Waals surface area contributed by atoms with Crippen LogP contribution in [0.4, 0.5) is 8.78 Å². The number of allylic oxidation sites excluding steroid dienone is 4. The molecule has 0 saturated heterocycles. The molecule has 37 heavy (non-hydrogen) atoms. The predicted molar refractivity (Wildman–Crippen MR) is 146 cm³/mol. The van der Waals surface area contributed by atoms with Crippen molar-refractivity contribution in [3.05, 3.63) is 94.6 Å². The Morgan fingerprint density at radius 3 is 1.51 bits per heavy atom. The second kappa shape index (κ2) is 14.5. The average Bonchev–Trinajstić information content (AvgIpc) is 2.93. The molecule has 0 radical (unpaired) electrons. The number of hydrogen-bond donors (Lipinski definition) is 0. The van der Waals surface area contributed by atoms with Crippen LogP contribution in [0.2, 0.25) is 0 Å². The standard InChI is InChI=1S/C17H20FN.C16H18FN/c1-2-3-4-13-5-7-14(8-6-13)15-9-10-16(12-19)17(18)11-15;1-2-3-12-4-6-13(7-5-12)14-8-9-15(11-18)16(17)10-14/h3-4,9-11,13-14H,2,5-8H2,1H3;2-3,8-10,12-13H,4-7H2,1H3. The molecular formula is C33H38F2N2. The zero-order valence-electron chi connectivity index (χ0n) is 22.1. The first-order chi connectivity index (χ1) is 18.0. The summed E-state index contributed by atoms with van der Waals surface area (Å²) in [5.41, 5.74) is 2.38. The minimum Gasteiger partial charge on any atom is -0.206 e. The van der Waals surface area contributed by atoms with Gasteiger partial charge >= 0.3 is 0 Å². The molecule has 0 aromatic heterocycles. The number of halogens is 2. The van der Waals surface area contributed by atoms with E-state index in [0.29, 0.717) is 23.7 Å². The first-order valence-electron chi connectivity index (χ1n) is 13.7. The van der Waals surface area contributed by atoms with Crippen LogP contribution in [0.1, 0.15) is 106 Å². The molecule has 2 aromatic carbocycles. The van der Waals surface area contributed by atoms with Crippen molar-refractivity contribution in [3.8, 4) is 12.1 Å². The Balaban J connectivity index is 0.000000206. The number of benzene rings is 2. The summed E-state index contributed by atoms with van der Waals surface area (Å²) in [6, 6.07) is 13.8. The van der Waals surface area contributed by atoms with Crippen molar-refractivity contribution in [2.24, 2.45) is 11.8 Å². The van der Waals surface area contributed by atoms with Gasteiger partial charge in [-0.05, 0) is 124 Å². The van der Waals surface area contributed by atoms with Crippen molar-refractivity contribution >= 4 is 0 Å². The van der Waals surface area contributed by atoms with Gasteiger partial charge in [-0.25, -0.2) is 8.78 Å². The zero-order chi connectivity index (χ0) is 26.6. The van der Waals surface area contributed by atoms with Gasteiger partial charge < -0.3 is 0 Å². The van der Waals surface area contributed by atoms with Crippen molar-refractivity contribution in [1.82, 2.24) is 0 Å². The molecule has 2 aliphatic rings. The van der Waals surface area contributed by atoms with Crippen LogP contribution in [0.3, 0.4) is 0 Å². The fourth-order valence-corrected chi connectivity index (χ4v) is 5.64. The van der Waals surface area contributed by atoms with Crippen LogP contribution >= 0.6 is 0 Å². The van der Waals surface area contributed by atoms with Gasteiger partial charge in [0, 0.05) is 0 Å². The van der Waals surface area contributed by atoms with E-state index in [1.807, 2.05) is 24.3 Å². The average molecular weight is 501 g/mol. The largest absolute Gasteiger partial charge is 0.206 e. The lowest BCUT2D eigenvalue weighted by Gasteiger charge is -2.27. The Hall–Kier alpha value is -3.24. The minimum atomic E-state index is -0.384. The van der Waals surface area contributed by atoms with Crippen molar-refractivity contribution in [2.45, 2.75) is 83.5 Å². The SMILES string of the molecule is CC=CC1CCC(c2ccc(C#N)c(F)c2)CC1.CCC=CC1CCC(c2ccc(C#N)c(F)c2)CC1. The maximum absolute atomic E-state index is 13.6. The molecule has 0 aliphatic heterocycles. The number of nitrogens with zero attached hydrogens (tertiary/aromatic N) is 2. The molecule has 2 aromatic rings. The van der Waals surface area contributed by atoms with E-state index in [1.54, 1.807) is 24.3 Å². The second-order valence-corrected chi connectivity index (χ2v) is 10.3. The third-order valence-corrected chi connectivity index (χ3v) is 7.82. The quantitative estimate of drug-likeness (QED) is 0.384. The monoisotopic (exact) mass is 500 g/mol. The number of nitriles is 2. The van der Waals surface area contributed by atoms with Gasteiger partial charge in [0.1, 0.15) is 23.8 Å². The Labute approximate surface area is 221 Å². The van der Waals surface area contributed by atoms with Crippen molar-refractivity contribution in [3.63, 3.8) is 0 Å². The zero-order valence-corrected chi connectivity index (χ0v) is 22.1. The number of hydrogen-bond acceptors (Lipinski definition) is 2. The Kier molecular flexibility index (Phi) is 11.1. The molecule has 0 amide bonds. The molecule has 0 unspecified atom stereocenters. The van der Waals surface area contributed by atoms with Gasteiger partial charge in [0.25, 0.3) is 0 Å². The third-order valence-electron chi connectivity index (χ3n) is 7.82.